The van der Waals surface area contributed by atoms with Gasteiger partial charge >= 0.3 is 0 Å². The number of hydrogen-bond acceptors (Lipinski definition) is 6. The molecule has 1 amide bonds. The Hall–Kier alpha value is -3.60. The predicted molar refractivity (Wildman–Crippen MR) is 98.4 cm³/mol. The van der Waals surface area contributed by atoms with Crippen molar-refractivity contribution in [2.45, 2.75) is 25.8 Å². The largest absolute Gasteiger partial charge is 0.367 e. The van der Waals surface area contributed by atoms with Crippen LogP contribution in [0.3, 0.4) is 0 Å². The summed E-state index contributed by atoms with van der Waals surface area (Å²) >= 11 is 0. The Morgan fingerprint density at radius 1 is 1.31 bits per heavy atom. The van der Waals surface area contributed by atoms with E-state index in [2.05, 4.69) is 32.1 Å². The molecule has 1 aromatic carbocycles. The van der Waals surface area contributed by atoms with Crippen molar-refractivity contribution < 1.29 is 4.79 Å². The zero-order chi connectivity index (χ0) is 18.1. The summed E-state index contributed by atoms with van der Waals surface area (Å²) in [6.45, 7) is 1.47. The number of nitrogens with one attached hydrogen (secondary N) is 3. The van der Waals surface area contributed by atoms with Gasteiger partial charge in [-0.2, -0.15) is 14.9 Å². The van der Waals surface area contributed by atoms with Gasteiger partial charge in [0, 0.05) is 30.4 Å². The van der Waals surface area contributed by atoms with Crippen molar-refractivity contribution in [2.24, 2.45) is 0 Å². The molecule has 0 spiro atoms. The number of amides is 1. The van der Waals surface area contributed by atoms with Crippen LogP contribution < -0.4 is 16.0 Å². The van der Waals surface area contributed by atoms with Gasteiger partial charge in [-0.1, -0.05) is 6.07 Å². The van der Waals surface area contributed by atoms with E-state index >= 15 is 0 Å². The zero-order valence-electron chi connectivity index (χ0n) is 14.2. The molecule has 4 rings (SSSR count). The van der Waals surface area contributed by atoms with Crippen LogP contribution in [-0.2, 0) is 4.79 Å². The van der Waals surface area contributed by atoms with E-state index in [1.54, 1.807) is 4.52 Å². The minimum absolute atomic E-state index is 0.129. The Balaban J connectivity index is 1.69. The quantitative estimate of drug-likeness (QED) is 0.655. The summed E-state index contributed by atoms with van der Waals surface area (Å²) < 4.78 is 1.65. The van der Waals surface area contributed by atoms with E-state index in [1.165, 1.54) is 13.1 Å². The van der Waals surface area contributed by atoms with Crippen molar-refractivity contribution in [3.63, 3.8) is 0 Å². The molecule has 130 valence electrons. The molecular weight excluding hydrogens is 330 g/mol. The predicted octanol–water partition coefficient (Wildman–Crippen LogP) is 2.88. The number of fused-ring (bicyclic) bond motifs is 1. The summed E-state index contributed by atoms with van der Waals surface area (Å²) in [6, 6.07) is 11.8. The lowest BCUT2D eigenvalue weighted by atomic mass is 10.2. The lowest BCUT2D eigenvalue weighted by molar-refractivity contribution is -0.114. The number of aromatic nitrogens is 3. The van der Waals surface area contributed by atoms with Crippen LogP contribution in [0.25, 0.3) is 5.65 Å². The molecule has 8 heteroatoms. The molecule has 1 fully saturated rings. The molecule has 0 radical (unpaired) electrons. The Bertz CT molecular complexity index is 1030. The van der Waals surface area contributed by atoms with Gasteiger partial charge < -0.3 is 16.0 Å². The average Bonchev–Trinajstić information content (AvgIpc) is 3.31. The van der Waals surface area contributed by atoms with Gasteiger partial charge in [-0.05, 0) is 31.0 Å². The van der Waals surface area contributed by atoms with Crippen LogP contribution >= 0.6 is 0 Å². The van der Waals surface area contributed by atoms with Gasteiger partial charge in [0.2, 0.25) is 5.91 Å². The molecule has 1 aliphatic carbocycles. The summed E-state index contributed by atoms with van der Waals surface area (Å²) in [4.78, 5) is 15.8. The molecule has 1 saturated carbocycles. The fourth-order valence-corrected chi connectivity index (χ4v) is 2.67. The second-order valence-corrected chi connectivity index (χ2v) is 6.24. The smallest absolute Gasteiger partial charge is 0.221 e. The lowest BCUT2D eigenvalue weighted by Gasteiger charge is -2.12. The molecule has 0 bridgehead atoms. The van der Waals surface area contributed by atoms with Crippen LogP contribution in [0.4, 0.5) is 23.0 Å². The summed E-state index contributed by atoms with van der Waals surface area (Å²) in [5.41, 5.74) is 2.39. The molecule has 26 heavy (non-hydrogen) atoms. The van der Waals surface area contributed by atoms with E-state index in [1.807, 2.05) is 30.3 Å². The van der Waals surface area contributed by atoms with Crippen molar-refractivity contribution in [3.8, 4) is 6.07 Å². The standard InChI is InChI=1S/C18H17N7O/c1-11(26)21-14-3-2-4-15(7-14)22-16-8-17(23-13-5-6-13)25-18(24-16)12(9-19)10-20-25/h2-4,7-8,10,13,23H,5-6H2,1H3,(H,21,26)(H,22,24). The molecule has 3 N–H and O–H groups in total. The van der Waals surface area contributed by atoms with Crippen LogP contribution in [0.15, 0.2) is 36.5 Å². The molecular formula is C18H17N7O. The number of anilines is 4. The van der Waals surface area contributed by atoms with Crippen molar-refractivity contribution in [1.29, 1.82) is 5.26 Å². The van der Waals surface area contributed by atoms with Gasteiger partial charge in [-0.15, -0.1) is 0 Å². The minimum atomic E-state index is -0.129. The number of rotatable bonds is 5. The summed E-state index contributed by atoms with van der Waals surface area (Å²) in [5.74, 6) is 1.26. The molecule has 3 aromatic rings. The highest BCUT2D eigenvalue weighted by molar-refractivity contribution is 5.89. The fourth-order valence-electron chi connectivity index (χ4n) is 2.67. The molecule has 0 saturated heterocycles. The van der Waals surface area contributed by atoms with Gasteiger partial charge in [0.25, 0.3) is 0 Å². The monoisotopic (exact) mass is 347 g/mol. The van der Waals surface area contributed by atoms with E-state index in [4.69, 9.17) is 0 Å². The van der Waals surface area contributed by atoms with Crippen molar-refractivity contribution in [1.82, 2.24) is 14.6 Å². The van der Waals surface area contributed by atoms with Crippen LogP contribution in [0.5, 0.6) is 0 Å². The van der Waals surface area contributed by atoms with E-state index in [0.29, 0.717) is 28.8 Å². The van der Waals surface area contributed by atoms with Crippen molar-refractivity contribution >= 4 is 34.6 Å². The number of nitrogens with zero attached hydrogens (tertiary/aromatic N) is 4. The first-order chi connectivity index (χ1) is 12.6. The Labute approximate surface area is 149 Å². The van der Waals surface area contributed by atoms with Crippen LogP contribution in [-0.4, -0.2) is 26.5 Å². The maximum Gasteiger partial charge on any atom is 0.221 e. The second kappa shape index (κ2) is 6.37. The van der Waals surface area contributed by atoms with E-state index in [9.17, 15) is 10.1 Å². The molecule has 0 atom stereocenters. The number of carbonyl (C=O) groups excluding carboxylic acids is 1. The third-order valence-electron chi connectivity index (χ3n) is 3.98. The number of nitriles is 1. The third kappa shape index (κ3) is 3.28. The number of hydrogen-bond donors (Lipinski definition) is 3. The second-order valence-electron chi connectivity index (χ2n) is 6.24. The molecule has 0 aliphatic heterocycles. The average molecular weight is 347 g/mol. The Kier molecular flexibility index (Phi) is 3.89. The summed E-state index contributed by atoms with van der Waals surface area (Å²) in [7, 11) is 0. The maximum atomic E-state index is 11.2. The number of carbonyl (C=O) groups is 1. The summed E-state index contributed by atoms with van der Waals surface area (Å²) in [5, 5.41) is 22.9. The first kappa shape index (κ1) is 15.9. The maximum absolute atomic E-state index is 11.2. The molecule has 2 aromatic heterocycles. The van der Waals surface area contributed by atoms with Gasteiger partial charge in [0.05, 0.1) is 6.20 Å². The normalized spacial score (nSPS) is 13.2. The SMILES string of the molecule is CC(=O)Nc1cccc(Nc2cc(NC3CC3)n3ncc(C#N)c3n2)c1. The van der Waals surface area contributed by atoms with Gasteiger partial charge in [-0.25, -0.2) is 4.98 Å². The molecule has 2 heterocycles. The summed E-state index contributed by atoms with van der Waals surface area (Å²) in [6.07, 6.45) is 3.76. The van der Waals surface area contributed by atoms with Gasteiger partial charge in [-0.3, -0.25) is 4.79 Å². The highest BCUT2D eigenvalue weighted by Crippen LogP contribution is 2.28. The van der Waals surface area contributed by atoms with Gasteiger partial charge in [0.1, 0.15) is 23.3 Å². The van der Waals surface area contributed by atoms with E-state index < -0.39 is 0 Å². The van der Waals surface area contributed by atoms with Crippen LogP contribution in [0, 0.1) is 11.3 Å². The van der Waals surface area contributed by atoms with E-state index in [0.717, 1.165) is 24.3 Å². The highest BCUT2D eigenvalue weighted by atomic mass is 16.1. The third-order valence-corrected chi connectivity index (χ3v) is 3.98. The molecule has 1 aliphatic rings. The van der Waals surface area contributed by atoms with Crippen molar-refractivity contribution in [2.75, 3.05) is 16.0 Å². The molecule has 8 nitrogen and oxygen atoms in total. The molecule has 0 unspecified atom stereocenters. The minimum Gasteiger partial charge on any atom is -0.367 e. The van der Waals surface area contributed by atoms with Crippen molar-refractivity contribution in [3.05, 3.63) is 42.1 Å². The van der Waals surface area contributed by atoms with Gasteiger partial charge in [0.15, 0.2) is 5.65 Å². The fraction of sp³-hybridized carbons (Fsp3) is 0.222. The lowest BCUT2D eigenvalue weighted by Crippen LogP contribution is -2.09. The zero-order valence-corrected chi connectivity index (χ0v) is 14.2. The first-order valence-corrected chi connectivity index (χ1v) is 8.32. The highest BCUT2D eigenvalue weighted by Gasteiger charge is 2.23. The number of benzene rings is 1. The van der Waals surface area contributed by atoms with Crippen LogP contribution in [0.1, 0.15) is 25.3 Å². The first-order valence-electron chi connectivity index (χ1n) is 8.32. The topological polar surface area (TPSA) is 107 Å². The van der Waals surface area contributed by atoms with E-state index in [-0.39, 0.29) is 5.91 Å². The van der Waals surface area contributed by atoms with Crippen LogP contribution in [0.2, 0.25) is 0 Å². The Morgan fingerprint density at radius 2 is 2.12 bits per heavy atom. The Morgan fingerprint density at radius 3 is 2.85 bits per heavy atom.